The highest BCUT2D eigenvalue weighted by Crippen LogP contribution is 2.24. The second kappa shape index (κ2) is 3.81. The molecule has 0 radical (unpaired) electrons. The van der Waals surface area contributed by atoms with E-state index in [-0.39, 0.29) is 0 Å². The van der Waals surface area contributed by atoms with Crippen LogP contribution in [0.5, 0.6) is 0 Å². The van der Waals surface area contributed by atoms with Crippen LogP contribution in [0.2, 0.25) is 0 Å². The third-order valence-electron chi connectivity index (χ3n) is 1.94. The summed E-state index contributed by atoms with van der Waals surface area (Å²) in [4.78, 5) is 1.79. The van der Waals surface area contributed by atoms with Crippen LogP contribution in [0, 0.1) is 29.6 Å². The lowest BCUT2D eigenvalue weighted by Crippen LogP contribution is -2.12. The van der Waals surface area contributed by atoms with E-state index < -0.39 is 0 Å². The summed E-state index contributed by atoms with van der Waals surface area (Å²) >= 11 is 0. The van der Waals surface area contributed by atoms with Crippen LogP contribution in [0.1, 0.15) is 16.7 Å². The lowest BCUT2D eigenvalue weighted by atomic mass is 10.0. The van der Waals surface area contributed by atoms with Crippen LogP contribution in [0.4, 0.5) is 5.69 Å². The van der Waals surface area contributed by atoms with Crippen molar-refractivity contribution in [1.82, 2.24) is 0 Å². The average Bonchev–Trinajstić information content (AvgIpc) is 2.15. The third kappa shape index (κ3) is 1.67. The molecule has 1 aromatic carbocycles. The molecular formula is C11H11N3. The summed E-state index contributed by atoms with van der Waals surface area (Å²) in [7, 11) is 3.65. The SMILES string of the molecule is Cc1cc(C#N)c(N(C)C)c(C#N)c1. The number of nitrogens with zero attached hydrogens (tertiary/aromatic N) is 3. The quantitative estimate of drug-likeness (QED) is 0.670. The largest absolute Gasteiger partial charge is 0.376 e. The second-order valence-corrected chi connectivity index (χ2v) is 3.33. The van der Waals surface area contributed by atoms with Crippen LogP contribution in [0.15, 0.2) is 12.1 Å². The van der Waals surface area contributed by atoms with Gasteiger partial charge in [0.15, 0.2) is 0 Å². The van der Waals surface area contributed by atoms with Crippen molar-refractivity contribution in [3.63, 3.8) is 0 Å². The number of aryl methyl sites for hydroxylation is 1. The molecule has 0 bridgehead atoms. The molecule has 0 saturated carbocycles. The molecule has 3 heteroatoms. The molecule has 0 N–H and O–H groups in total. The Balaban J connectivity index is 3.53. The standard InChI is InChI=1S/C11H11N3/c1-8-4-9(6-12)11(14(2)3)10(5-8)7-13/h4-5H,1-3H3. The van der Waals surface area contributed by atoms with E-state index in [0.29, 0.717) is 16.8 Å². The van der Waals surface area contributed by atoms with E-state index in [4.69, 9.17) is 10.5 Å². The van der Waals surface area contributed by atoms with Crippen molar-refractivity contribution in [3.05, 3.63) is 28.8 Å². The van der Waals surface area contributed by atoms with Crippen LogP contribution in [0.3, 0.4) is 0 Å². The third-order valence-corrected chi connectivity index (χ3v) is 1.94. The first-order chi connectivity index (χ1) is 6.60. The van der Waals surface area contributed by atoms with Gasteiger partial charge >= 0.3 is 0 Å². The molecule has 0 aromatic heterocycles. The zero-order chi connectivity index (χ0) is 10.7. The van der Waals surface area contributed by atoms with E-state index in [1.807, 2.05) is 21.0 Å². The van der Waals surface area contributed by atoms with Gasteiger partial charge in [0.2, 0.25) is 0 Å². The van der Waals surface area contributed by atoms with Crippen molar-refractivity contribution in [2.24, 2.45) is 0 Å². The van der Waals surface area contributed by atoms with Gasteiger partial charge in [0, 0.05) is 14.1 Å². The van der Waals surface area contributed by atoms with Crippen LogP contribution in [0.25, 0.3) is 0 Å². The summed E-state index contributed by atoms with van der Waals surface area (Å²) in [5.41, 5.74) is 2.72. The number of hydrogen-bond acceptors (Lipinski definition) is 3. The van der Waals surface area contributed by atoms with E-state index in [0.717, 1.165) is 5.56 Å². The van der Waals surface area contributed by atoms with E-state index in [9.17, 15) is 0 Å². The van der Waals surface area contributed by atoms with Gasteiger partial charge in [-0.15, -0.1) is 0 Å². The van der Waals surface area contributed by atoms with Gasteiger partial charge < -0.3 is 4.90 Å². The minimum Gasteiger partial charge on any atom is -0.376 e. The monoisotopic (exact) mass is 185 g/mol. The summed E-state index contributed by atoms with van der Waals surface area (Å²) in [6, 6.07) is 7.78. The highest BCUT2D eigenvalue weighted by Gasteiger charge is 2.10. The fraction of sp³-hybridized carbons (Fsp3) is 0.273. The van der Waals surface area contributed by atoms with Gasteiger partial charge in [0.25, 0.3) is 0 Å². The molecule has 0 spiro atoms. The first-order valence-corrected chi connectivity index (χ1v) is 4.22. The normalized spacial score (nSPS) is 8.93. The van der Waals surface area contributed by atoms with Crippen molar-refractivity contribution in [3.8, 4) is 12.1 Å². The van der Waals surface area contributed by atoms with Crippen molar-refractivity contribution >= 4 is 5.69 Å². The Morgan fingerprint density at radius 2 is 1.50 bits per heavy atom. The fourth-order valence-corrected chi connectivity index (χ4v) is 1.43. The molecule has 0 aliphatic heterocycles. The predicted molar refractivity (Wildman–Crippen MR) is 54.9 cm³/mol. The predicted octanol–water partition coefficient (Wildman–Crippen LogP) is 1.80. The lowest BCUT2D eigenvalue weighted by Gasteiger charge is -2.16. The van der Waals surface area contributed by atoms with Crippen LogP contribution in [-0.4, -0.2) is 14.1 Å². The Bertz CT molecular complexity index is 398. The molecule has 14 heavy (non-hydrogen) atoms. The van der Waals surface area contributed by atoms with Gasteiger partial charge in [0.05, 0.1) is 16.8 Å². The summed E-state index contributed by atoms with van der Waals surface area (Å²) < 4.78 is 0. The minimum absolute atomic E-state index is 0.548. The minimum atomic E-state index is 0.548. The Kier molecular flexibility index (Phi) is 2.74. The number of benzene rings is 1. The smallest absolute Gasteiger partial charge is 0.101 e. The fourth-order valence-electron chi connectivity index (χ4n) is 1.43. The molecule has 0 unspecified atom stereocenters. The van der Waals surface area contributed by atoms with Crippen molar-refractivity contribution in [2.45, 2.75) is 6.92 Å². The highest BCUT2D eigenvalue weighted by molar-refractivity contribution is 5.68. The van der Waals surface area contributed by atoms with Crippen molar-refractivity contribution < 1.29 is 0 Å². The maximum atomic E-state index is 8.93. The zero-order valence-electron chi connectivity index (χ0n) is 8.50. The van der Waals surface area contributed by atoms with Crippen molar-refractivity contribution in [1.29, 1.82) is 10.5 Å². The number of anilines is 1. The maximum absolute atomic E-state index is 8.93. The van der Waals surface area contributed by atoms with Crippen molar-refractivity contribution in [2.75, 3.05) is 19.0 Å². The Labute approximate surface area is 83.8 Å². The molecule has 0 aliphatic carbocycles. The summed E-state index contributed by atoms with van der Waals surface area (Å²) in [6.45, 7) is 1.88. The lowest BCUT2D eigenvalue weighted by molar-refractivity contribution is 1.11. The van der Waals surface area contributed by atoms with E-state index in [1.165, 1.54) is 0 Å². The summed E-state index contributed by atoms with van der Waals surface area (Å²) in [5.74, 6) is 0. The second-order valence-electron chi connectivity index (χ2n) is 3.33. The molecule has 3 nitrogen and oxygen atoms in total. The van der Waals surface area contributed by atoms with Gasteiger partial charge in [-0.05, 0) is 24.6 Å². The Hall–Kier alpha value is -2.00. The maximum Gasteiger partial charge on any atom is 0.101 e. The number of rotatable bonds is 1. The molecule has 1 aromatic rings. The molecule has 0 atom stereocenters. The zero-order valence-corrected chi connectivity index (χ0v) is 8.50. The number of hydrogen-bond donors (Lipinski definition) is 0. The molecule has 70 valence electrons. The van der Waals surface area contributed by atoms with E-state index >= 15 is 0 Å². The van der Waals surface area contributed by atoms with Crippen LogP contribution in [-0.2, 0) is 0 Å². The van der Waals surface area contributed by atoms with Gasteiger partial charge in [-0.3, -0.25) is 0 Å². The van der Waals surface area contributed by atoms with Gasteiger partial charge in [-0.25, -0.2) is 0 Å². The Morgan fingerprint density at radius 3 is 1.79 bits per heavy atom. The van der Waals surface area contributed by atoms with E-state index in [2.05, 4.69) is 12.1 Å². The van der Waals surface area contributed by atoms with Crippen LogP contribution >= 0.6 is 0 Å². The molecule has 1 rings (SSSR count). The van der Waals surface area contributed by atoms with Gasteiger partial charge in [-0.2, -0.15) is 10.5 Å². The van der Waals surface area contributed by atoms with Gasteiger partial charge in [0.1, 0.15) is 12.1 Å². The topological polar surface area (TPSA) is 50.8 Å². The molecular weight excluding hydrogens is 174 g/mol. The molecule has 0 fully saturated rings. The molecule has 0 aliphatic rings. The first-order valence-electron chi connectivity index (χ1n) is 4.22. The molecule has 0 amide bonds. The molecule has 0 heterocycles. The summed E-state index contributed by atoms with van der Waals surface area (Å²) in [6.07, 6.45) is 0. The Morgan fingerprint density at radius 1 is 1.07 bits per heavy atom. The summed E-state index contributed by atoms with van der Waals surface area (Å²) in [5, 5.41) is 17.9. The van der Waals surface area contributed by atoms with Gasteiger partial charge in [-0.1, -0.05) is 0 Å². The first kappa shape index (κ1) is 10.1. The molecule has 0 saturated heterocycles. The van der Waals surface area contributed by atoms with E-state index in [1.54, 1.807) is 17.0 Å². The average molecular weight is 185 g/mol. The highest BCUT2D eigenvalue weighted by atomic mass is 15.1. The van der Waals surface area contributed by atoms with Crippen LogP contribution < -0.4 is 4.90 Å². The number of nitriles is 2.